The number of aromatic amines is 1. The molecule has 0 amide bonds. The molecule has 2 aromatic heterocycles. The molecule has 0 fully saturated rings. The van der Waals surface area contributed by atoms with Crippen LogP contribution in [0.3, 0.4) is 0 Å². The number of methoxy groups -OCH3 is 1. The first-order valence-electron chi connectivity index (χ1n) is 10.5. The normalized spacial score (nSPS) is 11.5. The van der Waals surface area contributed by atoms with Crippen LogP contribution in [0, 0.1) is 0 Å². The summed E-state index contributed by atoms with van der Waals surface area (Å²) in [4.78, 5) is 10.1. The second-order valence-electron chi connectivity index (χ2n) is 7.16. The Kier molecular flexibility index (Phi) is 5.97. The first-order chi connectivity index (χ1) is 15.2. The highest BCUT2D eigenvalue weighted by molar-refractivity contribution is 6.03. The third-order valence-electron chi connectivity index (χ3n) is 5.40. The van der Waals surface area contributed by atoms with Crippen LogP contribution in [0.2, 0.25) is 0 Å². The summed E-state index contributed by atoms with van der Waals surface area (Å²) in [6.45, 7) is 8.28. The van der Waals surface area contributed by atoms with Crippen molar-refractivity contribution in [3.63, 3.8) is 0 Å². The minimum Gasteiger partial charge on any atom is -0.496 e. The number of aromatic nitrogens is 4. The van der Waals surface area contributed by atoms with Crippen LogP contribution in [-0.2, 0) is 6.42 Å². The number of hydrogen-bond donors (Lipinski definition) is 2. The van der Waals surface area contributed by atoms with Gasteiger partial charge in [0.05, 0.1) is 13.3 Å². The van der Waals surface area contributed by atoms with Crippen molar-refractivity contribution in [2.75, 3.05) is 30.5 Å². The Balaban J connectivity index is 1.55. The Morgan fingerprint density at radius 1 is 1.10 bits per heavy atom. The van der Waals surface area contributed by atoms with Crippen LogP contribution in [0.5, 0.6) is 5.75 Å². The van der Waals surface area contributed by atoms with E-state index in [1.807, 2.05) is 12.1 Å². The average Bonchev–Trinajstić information content (AvgIpc) is 3.17. The average molecular weight is 418 g/mol. The van der Waals surface area contributed by atoms with E-state index in [1.54, 1.807) is 13.3 Å². The first-order valence-corrected chi connectivity index (χ1v) is 10.5. The molecule has 0 unspecified atom stereocenters. The van der Waals surface area contributed by atoms with E-state index < -0.39 is 0 Å². The van der Waals surface area contributed by atoms with Crippen molar-refractivity contribution in [2.45, 2.75) is 27.2 Å². The number of rotatable bonds is 8. The largest absolute Gasteiger partial charge is 0.496 e. The monoisotopic (exact) mass is 417 g/mol. The number of ether oxygens (including phenoxy) is 1. The van der Waals surface area contributed by atoms with Gasteiger partial charge in [-0.15, -0.1) is 10.2 Å². The van der Waals surface area contributed by atoms with Crippen LogP contribution < -0.4 is 15.1 Å². The smallest absolute Gasteiger partial charge is 0.265 e. The maximum Gasteiger partial charge on any atom is 0.265 e. The molecule has 0 aliphatic rings. The van der Waals surface area contributed by atoms with Gasteiger partial charge >= 0.3 is 0 Å². The van der Waals surface area contributed by atoms with E-state index in [-0.39, 0.29) is 0 Å². The maximum atomic E-state index is 5.54. The molecule has 0 saturated heterocycles. The van der Waals surface area contributed by atoms with E-state index in [1.165, 1.54) is 5.56 Å². The molecule has 31 heavy (non-hydrogen) atoms. The number of anilines is 2. The molecule has 0 radical (unpaired) electrons. The highest BCUT2D eigenvalue weighted by atomic mass is 16.5. The third kappa shape index (κ3) is 4.14. The molecular weight excluding hydrogens is 390 g/mol. The molecule has 8 nitrogen and oxygen atoms in total. The summed E-state index contributed by atoms with van der Waals surface area (Å²) in [6, 6.07) is 12.4. The van der Waals surface area contributed by atoms with Crippen molar-refractivity contribution < 1.29 is 4.74 Å². The lowest BCUT2D eigenvalue weighted by atomic mass is 10.1. The predicted molar refractivity (Wildman–Crippen MR) is 126 cm³/mol. The number of H-pyrrole nitrogens is 1. The van der Waals surface area contributed by atoms with Gasteiger partial charge in [-0.05, 0) is 50.1 Å². The minimum atomic E-state index is 0.324. The fraction of sp³-hybridized carbons (Fsp3) is 0.304. The summed E-state index contributed by atoms with van der Waals surface area (Å²) in [5.74, 6) is 1.08. The summed E-state index contributed by atoms with van der Waals surface area (Å²) in [6.07, 6.45) is 2.66. The highest BCUT2D eigenvalue weighted by Gasteiger charge is 2.10. The number of benzene rings is 2. The summed E-state index contributed by atoms with van der Waals surface area (Å²) in [5.41, 5.74) is 8.52. The fourth-order valence-electron chi connectivity index (χ4n) is 3.64. The molecule has 2 heterocycles. The first kappa shape index (κ1) is 20.6. The summed E-state index contributed by atoms with van der Waals surface area (Å²) >= 11 is 0. The molecule has 4 aromatic rings. The Morgan fingerprint density at radius 3 is 2.68 bits per heavy atom. The number of hydrazone groups is 1. The van der Waals surface area contributed by atoms with Gasteiger partial charge in [0, 0.05) is 41.3 Å². The lowest BCUT2D eigenvalue weighted by Gasteiger charge is -2.21. The van der Waals surface area contributed by atoms with E-state index in [2.05, 4.69) is 80.6 Å². The molecular formula is C23H27N7O. The SMILES string of the molecule is CCc1ccc2[nH]c3nc(NN=Cc4ccc(N(CC)CC)cc4OC)nnc3c2c1. The van der Waals surface area contributed by atoms with Crippen LogP contribution >= 0.6 is 0 Å². The van der Waals surface area contributed by atoms with E-state index in [0.29, 0.717) is 11.6 Å². The zero-order valence-electron chi connectivity index (χ0n) is 18.3. The van der Waals surface area contributed by atoms with Crippen molar-refractivity contribution in [1.82, 2.24) is 20.2 Å². The number of nitrogens with one attached hydrogen (secondary N) is 2. The van der Waals surface area contributed by atoms with E-state index in [4.69, 9.17) is 4.74 Å². The standard InChI is InChI=1S/C23H27N7O/c1-5-15-8-11-19-18(12-15)21-22(25-19)26-23(29-27-21)28-24-14-16-9-10-17(13-20(16)31-4)30(6-2)7-3/h8-14H,5-7H2,1-4H3,(H2,25,26,28,29). The highest BCUT2D eigenvalue weighted by Crippen LogP contribution is 2.25. The predicted octanol–water partition coefficient (Wildman–Crippen LogP) is 4.37. The van der Waals surface area contributed by atoms with Crippen molar-refractivity contribution in [2.24, 2.45) is 5.10 Å². The summed E-state index contributed by atoms with van der Waals surface area (Å²) in [7, 11) is 1.66. The van der Waals surface area contributed by atoms with Gasteiger partial charge < -0.3 is 14.6 Å². The second kappa shape index (κ2) is 8.99. The zero-order chi connectivity index (χ0) is 21.8. The molecule has 160 valence electrons. The van der Waals surface area contributed by atoms with Gasteiger partial charge in [0.15, 0.2) is 5.65 Å². The van der Waals surface area contributed by atoms with Gasteiger partial charge in [-0.3, -0.25) is 0 Å². The number of hydrogen-bond acceptors (Lipinski definition) is 7. The molecule has 2 aromatic carbocycles. The topological polar surface area (TPSA) is 91.3 Å². The lowest BCUT2D eigenvalue weighted by Crippen LogP contribution is -2.21. The summed E-state index contributed by atoms with van der Waals surface area (Å²) < 4.78 is 5.54. The van der Waals surface area contributed by atoms with Crippen LogP contribution in [-0.4, -0.2) is 46.6 Å². The minimum absolute atomic E-state index is 0.324. The van der Waals surface area contributed by atoms with Gasteiger partial charge in [0.2, 0.25) is 0 Å². The van der Waals surface area contributed by atoms with Crippen molar-refractivity contribution in [1.29, 1.82) is 0 Å². The fourth-order valence-corrected chi connectivity index (χ4v) is 3.64. The van der Waals surface area contributed by atoms with E-state index >= 15 is 0 Å². The molecule has 4 rings (SSSR count). The Bertz CT molecular complexity index is 1230. The molecule has 0 bridgehead atoms. The van der Waals surface area contributed by atoms with Gasteiger partial charge in [0.25, 0.3) is 5.95 Å². The zero-order valence-corrected chi connectivity index (χ0v) is 18.3. The second-order valence-corrected chi connectivity index (χ2v) is 7.16. The Morgan fingerprint density at radius 2 is 1.94 bits per heavy atom. The molecule has 0 atom stereocenters. The number of fused-ring (bicyclic) bond motifs is 3. The molecule has 2 N–H and O–H groups in total. The summed E-state index contributed by atoms with van der Waals surface area (Å²) in [5, 5.41) is 13.8. The number of aryl methyl sites for hydroxylation is 1. The van der Waals surface area contributed by atoms with Crippen molar-refractivity contribution in [3.8, 4) is 5.75 Å². The molecule has 8 heteroatoms. The maximum absolute atomic E-state index is 5.54. The van der Waals surface area contributed by atoms with Gasteiger partial charge in [-0.2, -0.15) is 10.1 Å². The third-order valence-corrected chi connectivity index (χ3v) is 5.40. The van der Waals surface area contributed by atoms with Gasteiger partial charge in [-0.25, -0.2) is 5.43 Å². The number of nitrogens with zero attached hydrogens (tertiary/aromatic N) is 5. The van der Waals surface area contributed by atoms with Crippen LogP contribution in [0.4, 0.5) is 11.6 Å². The molecule has 0 aliphatic heterocycles. The Hall–Kier alpha value is -3.68. The van der Waals surface area contributed by atoms with E-state index in [9.17, 15) is 0 Å². The van der Waals surface area contributed by atoms with Gasteiger partial charge in [0.1, 0.15) is 11.3 Å². The molecule has 0 aliphatic carbocycles. The quantitative estimate of drug-likeness (QED) is 0.327. The van der Waals surface area contributed by atoms with E-state index in [0.717, 1.165) is 52.9 Å². The molecule has 0 saturated carbocycles. The lowest BCUT2D eigenvalue weighted by molar-refractivity contribution is 0.414. The molecule has 0 spiro atoms. The van der Waals surface area contributed by atoms with Gasteiger partial charge in [-0.1, -0.05) is 13.0 Å². The van der Waals surface area contributed by atoms with Crippen LogP contribution in [0.25, 0.3) is 22.1 Å². The van der Waals surface area contributed by atoms with Crippen LogP contribution in [0.1, 0.15) is 31.9 Å². The van der Waals surface area contributed by atoms with Crippen molar-refractivity contribution >= 4 is 39.9 Å². The van der Waals surface area contributed by atoms with Crippen LogP contribution in [0.15, 0.2) is 41.5 Å². The van der Waals surface area contributed by atoms with Crippen molar-refractivity contribution in [3.05, 3.63) is 47.5 Å². The Labute approximate surface area is 181 Å².